The number of carbonyl (C=O) groups excluding carboxylic acids is 1. The highest BCUT2D eigenvalue weighted by atomic mass is 16.5. The zero-order valence-electron chi connectivity index (χ0n) is 23.9. The van der Waals surface area contributed by atoms with Crippen molar-refractivity contribution >= 4 is 11.9 Å². The van der Waals surface area contributed by atoms with Crippen molar-refractivity contribution in [1.82, 2.24) is 0 Å². The average molecular weight is 499 g/mol. The predicted molar refractivity (Wildman–Crippen MR) is 142 cm³/mol. The molecule has 5 aliphatic carbocycles. The summed E-state index contributed by atoms with van der Waals surface area (Å²) >= 11 is 0. The molecule has 0 aromatic carbocycles. The number of esters is 1. The van der Waals surface area contributed by atoms with Gasteiger partial charge < -0.3 is 9.84 Å². The number of fused-ring (bicyclic) bond motifs is 7. The van der Waals surface area contributed by atoms with E-state index in [1.54, 1.807) is 6.92 Å². The summed E-state index contributed by atoms with van der Waals surface area (Å²) in [4.78, 5) is 24.7. The first-order chi connectivity index (χ1) is 16.6. The van der Waals surface area contributed by atoms with Gasteiger partial charge in [0.05, 0.1) is 5.41 Å². The first-order valence-electron chi connectivity index (χ1n) is 14.7. The lowest BCUT2D eigenvalue weighted by Crippen LogP contribution is -2.67. The van der Waals surface area contributed by atoms with Crippen LogP contribution in [0, 0.1) is 56.7 Å². The quantitative estimate of drug-likeness (QED) is 0.320. The number of carboxylic acid groups (broad SMARTS) is 1. The van der Waals surface area contributed by atoms with Gasteiger partial charge in [-0.25, -0.2) is 0 Å². The van der Waals surface area contributed by atoms with Crippen molar-refractivity contribution in [3.05, 3.63) is 12.2 Å². The fourth-order valence-corrected chi connectivity index (χ4v) is 11.9. The summed E-state index contributed by atoms with van der Waals surface area (Å²) in [7, 11) is 0. The lowest BCUT2D eigenvalue weighted by Gasteiger charge is -2.72. The van der Waals surface area contributed by atoms with Crippen LogP contribution in [0.1, 0.15) is 113 Å². The van der Waals surface area contributed by atoms with Crippen LogP contribution < -0.4 is 0 Å². The van der Waals surface area contributed by atoms with Crippen molar-refractivity contribution < 1.29 is 19.4 Å². The Hall–Kier alpha value is -1.32. The molecule has 4 heteroatoms. The van der Waals surface area contributed by atoms with Gasteiger partial charge in [-0.05, 0) is 117 Å². The summed E-state index contributed by atoms with van der Waals surface area (Å²) in [5.74, 6) is 1.49. The molecule has 0 radical (unpaired) electrons. The lowest BCUT2D eigenvalue weighted by atomic mass is 9.32. The molecule has 5 rings (SSSR count). The molecule has 0 unspecified atom stereocenters. The molecule has 0 amide bonds. The topological polar surface area (TPSA) is 63.6 Å². The van der Waals surface area contributed by atoms with Crippen LogP contribution in [0.3, 0.4) is 0 Å². The maximum absolute atomic E-state index is 12.8. The molecule has 0 spiro atoms. The normalized spacial score (nSPS) is 51.2. The number of rotatable bonds is 3. The molecular formula is C32H50O4. The van der Waals surface area contributed by atoms with Crippen molar-refractivity contribution in [3.8, 4) is 0 Å². The number of allylic oxidation sites excluding steroid dienone is 1. The van der Waals surface area contributed by atoms with E-state index in [9.17, 15) is 14.7 Å². The van der Waals surface area contributed by atoms with Crippen LogP contribution >= 0.6 is 0 Å². The maximum atomic E-state index is 12.8. The summed E-state index contributed by atoms with van der Waals surface area (Å²) in [6.45, 7) is 20.4. The molecule has 0 aromatic rings. The Morgan fingerprint density at radius 3 is 2.11 bits per heavy atom. The summed E-state index contributed by atoms with van der Waals surface area (Å²) in [6.07, 6.45) is 10.5. The lowest BCUT2D eigenvalue weighted by molar-refractivity contribution is -0.250. The molecule has 0 bridgehead atoms. The first kappa shape index (κ1) is 26.3. The van der Waals surface area contributed by atoms with Gasteiger partial charge in [-0.1, -0.05) is 46.8 Å². The van der Waals surface area contributed by atoms with Crippen molar-refractivity contribution in [2.45, 2.75) is 119 Å². The predicted octanol–water partition coefficient (Wildman–Crippen LogP) is 7.66. The second-order valence-corrected chi connectivity index (χ2v) is 15.1. The van der Waals surface area contributed by atoms with Crippen LogP contribution in [0.15, 0.2) is 12.2 Å². The van der Waals surface area contributed by atoms with Gasteiger partial charge in [0, 0.05) is 12.3 Å². The standard InChI is InChI=1S/C32H50O4/c1-19(2)21-11-16-32(27(34)35)18-17-30(7)22(26(21)32)9-10-24-29(6)14-13-25(36-20(3)33)28(4,5)23(29)12-15-31(24,30)8/h21-26H,1,9-18H2,2-8H3,(H,34,35)/t21-,22-,23+,24+,25+,26+,29-,30+,31+,32-/m0/s1. The highest BCUT2D eigenvalue weighted by Gasteiger charge is 2.72. The van der Waals surface area contributed by atoms with Crippen molar-refractivity contribution in [2.75, 3.05) is 0 Å². The first-order valence-corrected chi connectivity index (χ1v) is 14.7. The minimum Gasteiger partial charge on any atom is -0.481 e. The van der Waals surface area contributed by atoms with E-state index in [1.165, 1.54) is 24.8 Å². The van der Waals surface area contributed by atoms with Gasteiger partial charge in [-0.3, -0.25) is 9.59 Å². The summed E-state index contributed by atoms with van der Waals surface area (Å²) in [6, 6.07) is 0. The van der Waals surface area contributed by atoms with E-state index in [2.05, 4.69) is 48.1 Å². The number of hydrogen-bond donors (Lipinski definition) is 1. The van der Waals surface area contributed by atoms with Crippen LogP contribution in [-0.4, -0.2) is 23.1 Å². The highest BCUT2D eigenvalue weighted by molar-refractivity contribution is 5.76. The molecular weight excluding hydrogens is 448 g/mol. The SMILES string of the molecule is C=C(C)[C@@H]1CC[C@]2(C(=O)O)CC[C@]3(C)[C@@H](CC[C@@H]4[C@@]5(C)CC[C@@H](OC(C)=O)C(C)(C)[C@H]5CC[C@]43C)[C@@H]12. The third-order valence-electron chi connectivity index (χ3n) is 13.7. The van der Waals surface area contributed by atoms with E-state index in [0.717, 1.165) is 44.9 Å². The highest BCUT2D eigenvalue weighted by Crippen LogP contribution is 2.77. The molecule has 202 valence electrons. The molecule has 0 heterocycles. The van der Waals surface area contributed by atoms with Crippen LogP contribution in [-0.2, 0) is 14.3 Å². The molecule has 10 atom stereocenters. The van der Waals surface area contributed by atoms with Crippen LogP contribution in [0.2, 0.25) is 0 Å². The molecule has 5 fully saturated rings. The third kappa shape index (κ3) is 3.17. The molecule has 36 heavy (non-hydrogen) atoms. The van der Waals surface area contributed by atoms with E-state index in [1.807, 2.05) is 0 Å². The number of carboxylic acids is 1. The summed E-state index contributed by atoms with van der Waals surface area (Å²) in [5, 5.41) is 10.5. The Morgan fingerprint density at radius 2 is 1.50 bits per heavy atom. The van der Waals surface area contributed by atoms with E-state index in [4.69, 9.17) is 4.74 Å². The van der Waals surface area contributed by atoms with Crippen molar-refractivity contribution in [2.24, 2.45) is 56.7 Å². The molecule has 0 aliphatic heterocycles. The van der Waals surface area contributed by atoms with E-state index in [-0.39, 0.29) is 39.7 Å². The zero-order valence-corrected chi connectivity index (χ0v) is 23.9. The summed E-state index contributed by atoms with van der Waals surface area (Å²) < 4.78 is 5.88. The Labute approximate surface area is 219 Å². The van der Waals surface area contributed by atoms with Gasteiger partial charge in [0.15, 0.2) is 0 Å². The number of ether oxygens (including phenoxy) is 1. The summed E-state index contributed by atoms with van der Waals surface area (Å²) in [5.41, 5.74) is 1.20. The molecule has 4 nitrogen and oxygen atoms in total. The Balaban J connectivity index is 1.52. The minimum atomic E-state index is -0.553. The van der Waals surface area contributed by atoms with Crippen molar-refractivity contribution in [3.63, 3.8) is 0 Å². The molecule has 5 aliphatic rings. The Bertz CT molecular complexity index is 967. The average Bonchev–Trinajstić information content (AvgIpc) is 3.17. The van der Waals surface area contributed by atoms with Crippen molar-refractivity contribution in [1.29, 1.82) is 0 Å². The van der Waals surface area contributed by atoms with Gasteiger partial charge >= 0.3 is 11.9 Å². The largest absolute Gasteiger partial charge is 0.481 e. The van der Waals surface area contributed by atoms with Gasteiger partial charge in [-0.2, -0.15) is 0 Å². The number of aliphatic carboxylic acids is 1. The molecule has 5 saturated carbocycles. The Morgan fingerprint density at radius 1 is 0.806 bits per heavy atom. The fourth-order valence-electron chi connectivity index (χ4n) is 11.9. The minimum absolute atomic E-state index is 0.00466. The van der Waals surface area contributed by atoms with E-state index >= 15 is 0 Å². The van der Waals surface area contributed by atoms with Gasteiger partial charge in [0.1, 0.15) is 6.10 Å². The third-order valence-corrected chi connectivity index (χ3v) is 13.7. The van der Waals surface area contributed by atoms with Crippen LogP contribution in [0.5, 0.6) is 0 Å². The maximum Gasteiger partial charge on any atom is 0.309 e. The van der Waals surface area contributed by atoms with E-state index in [0.29, 0.717) is 23.7 Å². The second kappa shape index (κ2) is 8.09. The molecule has 0 saturated heterocycles. The Kier molecular flexibility index (Phi) is 5.91. The smallest absolute Gasteiger partial charge is 0.309 e. The number of carbonyl (C=O) groups is 2. The van der Waals surface area contributed by atoms with Crippen LogP contribution in [0.25, 0.3) is 0 Å². The molecule has 0 aromatic heterocycles. The zero-order chi connectivity index (χ0) is 26.5. The van der Waals surface area contributed by atoms with Crippen LogP contribution in [0.4, 0.5) is 0 Å². The van der Waals surface area contributed by atoms with Gasteiger partial charge in [-0.15, -0.1) is 0 Å². The number of hydrogen-bond acceptors (Lipinski definition) is 3. The second-order valence-electron chi connectivity index (χ2n) is 15.1. The van der Waals surface area contributed by atoms with Gasteiger partial charge in [0.25, 0.3) is 0 Å². The van der Waals surface area contributed by atoms with E-state index < -0.39 is 11.4 Å². The fraction of sp³-hybridized carbons (Fsp3) is 0.875. The van der Waals surface area contributed by atoms with Gasteiger partial charge in [0.2, 0.25) is 0 Å². The monoisotopic (exact) mass is 498 g/mol. The molecule has 1 N–H and O–H groups in total.